The number of halogens is 1. The molecule has 4 heterocycles. The van der Waals surface area contributed by atoms with Crippen LogP contribution in [0.2, 0.25) is 0 Å². The standard InChI is InChI=1S/C36H43FN6O3/c1-10-24-13-11-12-14-26(24)30-28(37)19-27-32(42-18-17-41(20-23(42)6)35(45)46-36(7,8)9)40-34(44)43(33(27)39-30)31-25(21(2)3)15-16-38-29(31)22(4)5/h10-16,19,21-23H,1,17-18,20H2,2-9H3/t23-/m0/s1/i1D2. The second kappa shape index (κ2) is 12.7. The van der Waals surface area contributed by atoms with Gasteiger partial charge in [0.15, 0.2) is 5.65 Å². The Balaban J connectivity index is 1.79. The minimum atomic E-state index is -0.646. The number of piperazine rings is 1. The van der Waals surface area contributed by atoms with Crippen molar-refractivity contribution in [2.75, 3.05) is 24.5 Å². The number of carbonyl (C=O) groups excluding carboxylic acids is 1. The Labute approximate surface area is 272 Å². The van der Waals surface area contributed by atoms with Crippen LogP contribution in [0.15, 0.2) is 53.9 Å². The van der Waals surface area contributed by atoms with Gasteiger partial charge >= 0.3 is 11.8 Å². The summed E-state index contributed by atoms with van der Waals surface area (Å²) in [6.45, 7) is 16.0. The lowest BCUT2D eigenvalue weighted by Crippen LogP contribution is -2.55. The number of ether oxygens (including phenoxy) is 1. The lowest BCUT2D eigenvalue weighted by atomic mass is 9.97. The molecule has 4 aromatic rings. The molecular weight excluding hydrogens is 583 g/mol. The van der Waals surface area contributed by atoms with Crippen LogP contribution in [0.5, 0.6) is 0 Å². The van der Waals surface area contributed by atoms with Crippen LogP contribution in [0, 0.1) is 5.82 Å². The van der Waals surface area contributed by atoms with Gasteiger partial charge in [-0.2, -0.15) is 4.98 Å². The highest BCUT2D eigenvalue weighted by Crippen LogP contribution is 2.35. The van der Waals surface area contributed by atoms with Crippen molar-refractivity contribution in [3.8, 4) is 16.9 Å². The molecule has 0 saturated carbocycles. The fourth-order valence-electron chi connectivity index (χ4n) is 5.94. The fraction of sp³-hybridized carbons (Fsp3) is 0.417. The topological polar surface area (TPSA) is 93.5 Å². The van der Waals surface area contributed by atoms with Gasteiger partial charge < -0.3 is 14.5 Å². The van der Waals surface area contributed by atoms with Gasteiger partial charge in [-0.3, -0.25) is 4.98 Å². The minimum absolute atomic E-state index is 0.0152. The van der Waals surface area contributed by atoms with Crippen LogP contribution in [-0.4, -0.2) is 61.8 Å². The molecule has 9 nitrogen and oxygen atoms in total. The number of hydrogen-bond acceptors (Lipinski definition) is 7. The number of aromatic nitrogens is 4. The van der Waals surface area contributed by atoms with Gasteiger partial charge in [-0.25, -0.2) is 23.5 Å². The van der Waals surface area contributed by atoms with E-state index in [4.69, 9.17) is 12.5 Å². The highest BCUT2D eigenvalue weighted by atomic mass is 19.1. The number of benzene rings is 1. The van der Waals surface area contributed by atoms with Gasteiger partial charge in [-0.05, 0) is 62.8 Å². The van der Waals surface area contributed by atoms with E-state index in [0.717, 1.165) is 5.56 Å². The smallest absolute Gasteiger partial charge is 0.410 e. The molecule has 5 rings (SSSR count). The number of anilines is 1. The molecule has 1 aliphatic heterocycles. The maximum atomic E-state index is 16.3. The summed E-state index contributed by atoms with van der Waals surface area (Å²) in [5, 5.41) is 0.330. The number of nitrogens with zero attached hydrogens (tertiary/aromatic N) is 6. The zero-order chi connectivity index (χ0) is 35.1. The van der Waals surface area contributed by atoms with Gasteiger partial charge in [0.2, 0.25) is 0 Å². The van der Waals surface area contributed by atoms with E-state index in [2.05, 4.69) is 9.97 Å². The second-order valence-corrected chi connectivity index (χ2v) is 13.4. The largest absolute Gasteiger partial charge is 0.444 e. The van der Waals surface area contributed by atoms with Crippen molar-refractivity contribution >= 4 is 29.0 Å². The van der Waals surface area contributed by atoms with Crippen molar-refractivity contribution in [2.45, 2.75) is 78.9 Å². The average Bonchev–Trinajstić information content (AvgIpc) is 2.99. The van der Waals surface area contributed by atoms with Crippen molar-refractivity contribution in [1.82, 2.24) is 24.4 Å². The monoisotopic (exact) mass is 628 g/mol. The number of carbonyl (C=O) groups is 1. The van der Waals surface area contributed by atoms with Crippen molar-refractivity contribution in [3.05, 3.63) is 82.2 Å². The Kier molecular flexibility index (Phi) is 8.27. The van der Waals surface area contributed by atoms with Crippen LogP contribution in [0.1, 0.15) is 86.8 Å². The Hall–Kier alpha value is -4.60. The average molecular weight is 629 g/mol. The molecule has 3 aromatic heterocycles. The highest BCUT2D eigenvalue weighted by molar-refractivity contribution is 5.91. The summed E-state index contributed by atoms with van der Waals surface area (Å²) in [7, 11) is 0. The van der Waals surface area contributed by atoms with Gasteiger partial charge in [0, 0.05) is 37.4 Å². The lowest BCUT2D eigenvalue weighted by molar-refractivity contribution is 0.0218. The Morgan fingerprint density at radius 2 is 1.87 bits per heavy atom. The predicted molar refractivity (Wildman–Crippen MR) is 181 cm³/mol. The molecule has 46 heavy (non-hydrogen) atoms. The SMILES string of the molecule is [2H]C([2H])=Cc1ccccc1-c1nc2c(cc1F)c(N1CCN(C(=O)OC(C)(C)C)C[C@@H]1C)nc(=O)n2-c1c(C(C)C)ccnc1C(C)C. The van der Waals surface area contributed by atoms with Gasteiger partial charge in [0.1, 0.15) is 22.9 Å². The molecule has 1 aromatic carbocycles. The summed E-state index contributed by atoms with van der Waals surface area (Å²) < 4.78 is 38.8. The van der Waals surface area contributed by atoms with Gasteiger partial charge in [0.25, 0.3) is 0 Å². The van der Waals surface area contributed by atoms with Gasteiger partial charge in [-0.15, -0.1) is 0 Å². The summed E-state index contributed by atoms with van der Waals surface area (Å²) in [5.74, 6) is -0.414. The van der Waals surface area contributed by atoms with E-state index in [-0.39, 0.29) is 35.0 Å². The molecule has 10 heteroatoms. The van der Waals surface area contributed by atoms with Crippen LogP contribution < -0.4 is 10.6 Å². The molecule has 1 fully saturated rings. The minimum Gasteiger partial charge on any atom is -0.444 e. The van der Waals surface area contributed by atoms with E-state index >= 15 is 4.39 Å². The highest BCUT2D eigenvalue weighted by Gasteiger charge is 2.33. The fourth-order valence-corrected chi connectivity index (χ4v) is 5.94. The molecule has 1 amide bonds. The molecule has 1 atom stereocenters. The first-order valence-electron chi connectivity index (χ1n) is 16.7. The maximum Gasteiger partial charge on any atom is 0.410 e. The zero-order valence-corrected chi connectivity index (χ0v) is 27.8. The number of rotatable bonds is 6. The van der Waals surface area contributed by atoms with Crippen LogP contribution in [0.4, 0.5) is 15.0 Å². The Bertz CT molecular complexity index is 1920. The number of hydrogen-bond donors (Lipinski definition) is 0. The molecule has 0 spiro atoms. The van der Waals surface area contributed by atoms with Crippen molar-refractivity contribution < 1.29 is 16.7 Å². The second-order valence-electron chi connectivity index (χ2n) is 13.4. The molecule has 1 saturated heterocycles. The summed E-state index contributed by atoms with van der Waals surface area (Å²) >= 11 is 0. The molecule has 0 aliphatic carbocycles. The third-order valence-corrected chi connectivity index (χ3v) is 8.10. The lowest BCUT2D eigenvalue weighted by Gasteiger charge is -2.41. The third-order valence-electron chi connectivity index (χ3n) is 8.10. The van der Waals surface area contributed by atoms with Gasteiger partial charge in [-0.1, -0.05) is 64.6 Å². The molecule has 0 N–H and O–H groups in total. The molecule has 0 bridgehead atoms. The molecule has 242 valence electrons. The molecule has 0 unspecified atom stereocenters. The number of fused-ring (bicyclic) bond motifs is 1. The van der Waals surface area contributed by atoms with Crippen molar-refractivity contribution in [2.24, 2.45) is 0 Å². The molecule has 1 aliphatic rings. The molecular formula is C36H43FN6O3. The van der Waals surface area contributed by atoms with E-state index in [1.165, 1.54) is 16.7 Å². The van der Waals surface area contributed by atoms with Crippen LogP contribution >= 0.6 is 0 Å². The maximum absolute atomic E-state index is 16.3. The predicted octanol–water partition coefficient (Wildman–Crippen LogP) is 7.32. The summed E-state index contributed by atoms with van der Waals surface area (Å²) in [4.78, 5) is 44.9. The first kappa shape index (κ1) is 30.1. The van der Waals surface area contributed by atoms with E-state index in [9.17, 15) is 9.59 Å². The van der Waals surface area contributed by atoms with Crippen LogP contribution in [0.25, 0.3) is 34.1 Å². The van der Waals surface area contributed by atoms with E-state index in [1.54, 1.807) is 35.4 Å². The Morgan fingerprint density at radius 3 is 2.52 bits per heavy atom. The van der Waals surface area contributed by atoms with E-state index in [0.29, 0.717) is 47.5 Å². The summed E-state index contributed by atoms with van der Waals surface area (Å²) in [6, 6.07) is 9.79. The summed E-state index contributed by atoms with van der Waals surface area (Å²) in [5.41, 5.74) is 1.90. The third kappa shape index (κ3) is 6.25. The first-order chi connectivity index (χ1) is 22.6. The first-order valence-corrected chi connectivity index (χ1v) is 15.7. The normalized spacial score (nSPS) is 16.1. The van der Waals surface area contributed by atoms with Crippen LogP contribution in [-0.2, 0) is 4.74 Å². The van der Waals surface area contributed by atoms with E-state index in [1.807, 2.05) is 66.4 Å². The van der Waals surface area contributed by atoms with E-state index < -0.39 is 29.7 Å². The van der Waals surface area contributed by atoms with Gasteiger partial charge in [0.05, 0.1) is 19.5 Å². The summed E-state index contributed by atoms with van der Waals surface area (Å²) in [6.07, 6.45) is 2.64. The number of pyridine rings is 2. The van der Waals surface area contributed by atoms with Crippen LogP contribution in [0.3, 0.4) is 0 Å². The zero-order valence-electron chi connectivity index (χ0n) is 29.8. The quantitative estimate of drug-likeness (QED) is 0.221. The van der Waals surface area contributed by atoms with Crippen molar-refractivity contribution in [3.63, 3.8) is 0 Å². The Morgan fingerprint density at radius 1 is 1.13 bits per heavy atom. The van der Waals surface area contributed by atoms with Crippen molar-refractivity contribution in [1.29, 1.82) is 0 Å². The molecule has 0 radical (unpaired) electrons. The number of amides is 1.